The summed E-state index contributed by atoms with van der Waals surface area (Å²) >= 11 is 0. The Morgan fingerprint density at radius 1 is 1.40 bits per heavy atom. The molecule has 1 aromatic rings. The van der Waals surface area contributed by atoms with Crippen LogP contribution >= 0.6 is 0 Å². The first kappa shape index (κ1) is 14.3. The van der Waals surface area contributed by atoms with Gasteiger partial charge in [0.05, 0.1) is 0 Å². The third-order valence-electron chi connectivity index (χ3n) is 3.26. The number of epoxide rings is 1. The molecule has 1 saturated heterocycles. The number of benzene rings is 1. The summed E-state index contributed by atoms with van der Waals surface area (Å²) in [6.45, 7) is 3.16. The first-order valence-corrected chi connectivity index (χ1v) is 6.34. The molecule has 0 aromatic heterocycles. The van der Waals surface area contributed by atoms with Gasteiger partial charge in [0.1, 0.15) is 12.6 Å². The topological polar surface area (TPSA) is 78.9 Å². The van der Waals surface area contributed by atoms with E-state index >= 15 is 0 Å². The highest BCUT2D eigenvalue weighted by molar-refractivity contribution is 5.91. The van der Waals surface area contributed by atoms with Crippen LogP contribution in [0.4, 0.5) is 0 Å². The van der Waals surface area contributed by atoms with E-state index in [-0.39, 0.29) is 6.10 Å². The third kappa shape index (κ3) is 3.05. The molecule has 2 N–H and O–H groups in total. The van der Waals surface area contributed by atoms with Gasteiger partial charge in [0, 0.05) is 0 Å². The van der Waals surface area contributed by atoms with Crippen LogP contribution in [0.25, 0.3) is 6.08 Å². The van der Waals surface area contributed by atoms with Crippen molar-refractivity contribution < 1.29 is 19.4 Å². The van der Waals surface area contributed by atoms with Gasteiger partial charge in [0.2, 0.25) is 0 Å². The second-order valence-corrected chi connectivity index (χ2v) is 4.98. The van der Waals surface area contributed by atoms with Gasteiger partial charge in [-0.25, -0.2) is 0 Å². The van der Waals surface area contributed by atoms with E-state index in [9.17, 15) is 9.59 Å². The van der Waals surface area contributed by atoms with Gasteiger partial charge in [0.25, 0.3) is 5.91 Å². The molecule has 1 fully saturated rings. The molecule has 5 heteroatoms. The Labute approximate surface area is 117 Å². The zero-order valence-electron chi connectivity index (χ0n) is 11.4. The molecule has 0 bridgehead atoms. The Morgan fingerprint density at radius 3 is 2.65 bits per heavy atom. The quantitative estimate of drug-likeness (QED) is 0.797. The Kier molecular flexibility index (Phi) is 3.90. The van der Waals surface area contributed by atoms with E-state index in [0.717, 1.165) is 11.1 Å². The van der Waals surface area contributed by atoms with Crippen molar-refractivity contribution in [3.05, 3.63) is 41.5 Å². The maximum absolute atomic E-state index is 11.9. The van der Waals surface area contributed by atoms with E-state index in [2.05, 4.69) is 5.32 Å². The number of carbonyl (C=O) groups excluding carboxylic acids is 1. The molecule has 1 aliphatic heterocycles. The molecule has 1 heterocycles. The van der Waals surface area contributed by atoms with Crippen molar-refractivity contribution in [2.75, 3.05) is 6.54 Å². The minimum absolute atomic E-state index is 0.309. The molecule has 2 atom stereocenters. The molecule has 1 aromatic carbocycles. The molecule has 0 spiro atoms. The van der Waals surface area contributed by atoms with E-state index in [4.69, 9.17) is 9.84 Å². The van der Waals surface area contributed by atoms with Gasteiger partial charge in [0.15, 0.2) is 5.60 Å². The van der Waals surface area contributed by atoms with E-state index < -0.39 is 24.0 Å². The Morgan fingerprint density at radius 2 is 2.05 bits per heavy atom. The second-order valence-electron chi connectivity index (χ2n) is 4.98. The van der Waals surface area contributed by atoms with E-state index in [1.54, 1.807) is 6.92 Å². The first-order chi connectivity index (χ1) is 9.43. The van der Waals surface area contributed by atoms with Crippen LogP contribution in [0.1, 0.15) is 19.4 Å². The lowest BCUT2D eigenvalue weighted by atomic mass is 9.99. The molecule has 0 aliphatic carbocycles. The molecule has 0 radical (unpaired) electrons. The van der Waals surface area contributed by atoms with Crippen LogP contribution in [0.2, 0.25) is 0 Å². The fraction of sp³-hybridized carbons (Fsp3) is 0.333. The predicted molar refractivity (Wildman–Crippen MR) is 74.0 cm³/mol. The molecule has 106 valence electrons. The Balaban J connectivity index is 2.01. The molecular weight excluding hydrogens is 258 g/mol. The molecule has 0 saturated carbocycles. The molecular formula is C15H17NO4. The van der Waals surface area contributed by atoms with Crippen molar-refractivity contribution in [2.24, 2.45) is 0 Å². The summed E-state index contributed by atoms with van der Waals surface area (Å²) in [6.07, 6.45) is 1.65. The summed E-state index contributed by atoms with van der Waals surface area (Å²) < 4.78 is 5.46. The Hall–Kier alpha value is -2.14. The van der Waals surface area contributed by atoms with E-state index in [0.29, 0.717) is 0 Å². The van der Waals surface area contributed by atoms with Crippen LogP contribution in [0.5, 0.6) is 0 Å². The van der Waals surface area contributed by atoms with Crippen LogP contribution in [0, 0.1) is 0 Å². The van der Waals surface area contributed by atoms with Crippen molar-refractivity contribution in [3.8, 4) is 0 Å². The molecule has 1 amide bonds. The number of ether oxygens (including phenoxy) is 1. The fourth-order valence-corrected chi connectivity index (χ4v) is 2.13. The Bertz CT molecular complexity index is 552. The molecule has 5 nitrogen and oxygen atoms in total. The highest BCUT2D eigenvalue weighted by Gasteiger charge is 2.59. The normalized spacial score (nSPS) is 25.1. The highest BCUT2D eigenvalue weighted by Crippen LogP contribution is 2.41. The van der Waals surface area contributed by atoms with Crippen molar-refractivity contribution in [2.45, 2.75) is 25.6 Å². The van der Waals surface area contributed by atoms with Crippen LogP contribution in [-0.4, -0.2) is 35.2 Å². The van der Waals surface area contributed by atoms with Crippen LogP contribution in [0.15, 0.2) is 35.9 Å². The summed E-state index contributed by atoms with van der Waals surface area (Å²) in [5, 5.41) is 10.9. The molecule has 1 aliphatic rings. The molecule has 2 rings (SSSR count). The number of carbonyl (C=O) groups is 2. The lowest BCUT2D eigenvalue weighted by Crippen LogP contribution is -2.39. The zero-order valence-corrected chi connectivity index (χ0v) is 11.4. The standard InChI is InChI=1S/C15H17NO4/c1-10(8-11-6-4-3-5-7-11)13-15(2,20-13)14(19)16-9-12(17)18/h3-8,13H,9H2,1-2H3,(H,16,19)(H,17,18)/b10-8-. The van der Waals surface area contributed by atoms with Crippen LogP contribution < -0.4 is 5.32 Å². The fourth-order valence-electron chi connectivity index (χ4n) is 2.13. The first-order valence-electron chi connectivity index (χ1n) is 6.34. The summed E-state index contributed by atoms with van der Waals surface area (Å²) in [7, 11) is 0. The van der Waals surface area contributed by atoms with E-state index in [1.165, 1.54) is 0 Å². The maximum Gasteiger partial charge on any atom is 0.322 e. The minimum Gasteiger partial charge on any atom is -0.480 e. The lowest BCUT2D eigenvalue weighted by molar-refractivity contribution is -0.138. The predicted octanol–water partition coefficient (Wildman–Crippen LogP) is 1.45. The van der Waals surface area contributed by atoms with Gasteiger partial charge in [-0.2, -0.15) is 0 Å². The van der Waals surface area contributed by atoms with Gasteiger partial charge in [-0.05, 0) is 25.0 Å². The lowest BCUT2D eigenvalue weighted by Gasteiger charge is -2.06. The van der Waals surface area contributed by atoms with Crippen molar-refractivity contribution >= 4 is 18.0 Å². The number of nitrogens with one attached hydrogen (secondary N) is 1. The van der Waals surface area contributed by atoms with Crippen molar-refractivity contribution in [1.29, 1.82) is 0 Å². The smallest absolute Gasteiger partial charge is 0.322 e. The summed E-state index contributed by atoms with van der Waals surface area (Å²) in [5.74, 6) is -1.47. The van der Waals surface area contributed by atoms with Gasteiger partial charge in [-0.1, -0.05) is 36.4 Å². The summed E-state index contributed by atoms with van der Waals surface area (Å²) in [5.41, 5.74) is 1.00. The summed E-state index contributed by atoms with van der Waals surface area (Å²) in [4.78, 5) is 22.3. The number of carboxylic acids is 1. The highest BCUT2D eigenvalue weighted by atomic mass is 16.6. The van der Waals surface area contributed by atoms with Gasteiger partial charge < -0.3 is 15.2 Å². The molecule has 20 heavy (non-hydrogen) atoms. The van der Waals surface area contributed by atoms with Crippen molar-refractivity contribution in [1.82, 2.24) is 5.32 Å². The van der Waals surface area contributed by atoms with Crippen molar-refractivity contribution in [3.63, 3.8) is 0 Å². The van der Waals surface area contributed by atoms with Gasteiger partial charge in [-0.3, -0.25) is 9.59 Å². The minimum atomic E-state index is -1.07. The number of hydrogen-bond acceptors (Lipinski definition) is 3. The maximum atomic E-state index is 11.9. The molecule has 2 unspecified atom stereocenters. The average molecular weight is 275 g/mol. The van der Waals surface area contributed by atoms with Crippen LogP contribution in [0.3, 0.4) is 0 Å². The van der Waals surface area contributed by atoms with E-state index in [1.807, 2.05) is 43.3 Å². The summed E-state index contributed by atoms with van der Waals surface area (Å²) in [6, 6.07) is 9.74. The number of aliphatic carboxylic acids is 1. The van der Waals surface area contributed by atoms with Gasteiger partial charge in [-0.15, -0.1) is 0 Å². The van der Waals surface area contributed by atoms with Gasteiger partial charge >= 0.3 is 5.97 Å². The third-order valence-corrected chi connectivity index (χ3v) is 3.26. The monoisotopic (exact) mass is 275 g/mol. The number of hydrogen-bond donors (Lipinski definition) is 2. The largest absolute Gasteiger partial charge is 0.480 e. The zero-order chi connectivity index (χ0) is 14.8. The number of amides is 1. The SMILES string of the molecule is C/C(=C/c1ccccc1)C1OC1(C)C(=O)NCC(=O)O. The second kappa shape index (κ2) is 5.46. The van der Waals surface area contributed by atoms with Crippen LogP contribution in [-0.2, 0) is 14.3 Å². The number of carboxylic acid groups (broad SMARTS) is 1. The average Bonchev–Trinajstić information content (AvgIpc) is 3.11. The number of rotatable bonds is 5.